The Kier molecular flexibility index (Phi) is 6.78. The summed E-state index contributed by atoms with van der Waals surface area (Å²) in [6.45, 7) is 1.63. The van der Waals surface area contributed by atoms with E-state index in [0.717, 1.165) is 5.56 Å². The maximum absolute atomic E-state index is 12.3. The summed E-state index contributed by atoms with van der Waals surface area (Å²) in [7, 11) is 0. The van der Waals surface area contributed by atoms with Crippen molar-refractivity contribution in [1.29, 1.82) is 0 Å². The van der Waals surface area contributed by atoms with Gasteiger partial charge in [-0.15, -0.1) is 0 Å². The number of nitrogens with one attached hydrogen (secondary N) is 3. The van der Waals surface area contributed by atoms with Gasteiger partial charge in [-0.25, -0.2) is 0 Å². The number of anilines is 1. The molecule has 0 fully saturated rings. The Morgan fingerprint density at radius 2 is 1.43 bits per heavy atom. The molecule has 3 aromatic carbocycles. The van der Waals surface area contributed by atoms with Gasteiger partial charge in [0.25, 0.3) is 17.7 Å². The first kappa shape index (κ1) is 20.6. The molecule has 0 aliphatic rings. The first-order valence-corrected chi connectivity index (χ1v) is 9.27. The molecule has 0 atom stereocenters. The van der Waals surface area contributed by atoms with Crippen LogP contribution in [-0.2, 0) is 4.79 Å². The Morgan fingerprint density at radius 3 is 2.13 bits per heavy atom. The number of amides is 3. The Balaban J connectivity index is 1.48. The third kappa shape index (κ3) is 5.68. The van der Waals surface area contributed by atoms with Gasteiger partial charge in [-0.2, -0.15) is 0 Å². The molecule has 3 N–H and O–H groups in total. The van der Waals surface area contributed by atoms with Gasteiger partial charge in [0.1, 0.15) is 5.75 Å². The molecule has 152 valence electrons. The number of hydrazine groups is 1. The van der Waals surface area contributed by atoms with Crippen LogP contribution >= 0.6 is 0 Å². The van der Waals surface area contributed by atoms with Crippen molar-refractivity contribution in [2.75, 3.05) is 11.9 Å². The van der Waals surface area contributed by atoms with E-state index in [2.05, 4.69) is 16.2 Å². The molecular weight excluding hydrogens is 382 g/mol. The number of hydrogen-bond acceptors (Lipinski definition) is 4. The third-order valence-corrected chi connectivity index (χ3v) is 4.22. The molecule has 0 saturated heterocycles. The fourth-order valence-electron chi connectivity index (χ4n) is 2.63. The molecule has 30 heavy (non-hydrogen) atoms. The van der Waals surface area contributed by atoms with E-state index in [1.165, 1.54) is 0 Å². The van der Waals surface area contributed by atoms with Crippen LogP contribution in [0, 0.1) is 6.92 Å². The smallest absolute Gasteiger partial charge is 0.276 e. The summed E-state index contributed by atoms with van der Waals surface area (Å²) in [4.78, 5) is 36.3. The highest BCUT2D eigenvalue weighted by atomic mass is 16.5. The second-order valence-electron chi connectivity index (χ2n) is 6.45. The SMILES string of the molecule is Cc1ccccc1C(=O)Nc1ccc(C(=O)NNC(=O)COc2ccccc2)cc1. The van der Waals surface area contributed by atoms with Gasteiger partial charge < -0.3 is 10.1 Å². The zero-order chi connectivity index (χ0) is 21.3. The van der Waals surface area contributed by atoms with Crippen molar-refractivity contribution < 1.29 is 19.1 Å². The van der Waals surface area contributed by atoms with Crippen molar-refractivity contribution in [1.82, 2.24) is 10.9 Å². The van der Waals surface area contributed by atoms with E-state index < -0.39 is 11.8 Å². The Bertz CT molecular complexity index is 1030. The largest absolute Gasteiger partial charge is 0.484 e. The lowest BCUT2D eigenvalue weighted by Gasteiger charge is -2.10. The lowest BCUT2D eigenvalue weighted by molar-refractivity contribution is -0.123. The van der Waals surface area contributed by atoms with E-state index in [-0.39, 0.29) is 12.5 Å². The first-order valence-electron chi connectivity index (χ1n) is 9.27. The summed E-state index contributed by atoms with van der Waals surface area (Å²) in [6, 6.07) is 22.5. The van der Waals surface area contributed by atoms with Crippen LogP contribution in [0.1, 0.15) is 26.3 Å². The molecule has 3 amide bonds. The van der Waals surface area contributed by atoms with Gasteiger partial charge in [0.15, 0.2) is 6.61 Å². The van der Waals surface area contributed by atoms with Crippen LogP contribution < -0.4 is 20.9 Å². The van der Waals surface area contributed by atoms with E-state index in [9.17, 15) is 14.4 Å². The first-order chi connectivity index (χ1) is 14.5. The molecule has 0 bridgehead atoms. The second kappa shape index (κ2) is 9.88. The summed E-state index contributed by atoms with van der Waals surface area (Å²) < 4.78 is 5.30. The van der Waals surface area contributed by atoms with Gasteiger partial charge in [-0.05, 0) is 55.0 Å². The molecule has 0 aliphatic heterocycles. The summed E-state index contributed by atoms with van der Waals surface area (Å²) in [5, 5.41) is 2.79. The molecule has 7 heteroatoms. The van der Waals surface area contributed by atoms with Crippen LogP contribution in [0.4, 0.5) is 5.69 Å². The number of para-hydroxylation sites is 1. The lowest BCUT2D eigenvalue weighted by atomic mass is 10.1. The second-order valence-corrected chi connectivity index (χ2v) is 6.45. The summed E-state index contributed by atoms with van der Waals surface area (Å²) in [5.74, 6) is -0.646. The minimum atomic E-state index is -0.491. The Labute approximate surface area is 174 Å². The maximum Gasteiger partial charge on any atom is 0.276 e. The predicted octanol–water partition coefficient (Wildman–Crippen LogP) is 3.09. The summed E-state index contributed by atoms with van der Waals surface area (Å²) in [5.41, 5.74) is 6.95. The molecule has 0 heterocycles. The van der Waals surface area contributed by atoms with Crippen LogP contribution in [0.5, 0.6) is 5.75 Å². The number of aryl methyl sites for hydroxylation is 1. The zero-order valence-corrected chi connectivity index (χ0v) is 16.3. The molecule has 0 aromatic heterocycles. The fraction of sp³-hybridized carbons (Fsp3) is 0.0870. The topological polar surface area (TPSA) is 96.5 Å². The number of carbonyl (C=O) groups excluding carboxylic acids is 3. The maximum atomic E-state index is 12.3. The highest BCUT2D eigenvalue weighted by Crippen LogP contribution is 2.13. The monoisotopic (exact) mass is 403 g/mol. The molecule has 0 saturated carbocycles. The molecule has 7 nitrogen and oxygen atoms in total. The number of carbonyl (C=O) groups is 3. The van der Waals surface area contributed by atoms with E-state index in [0.29, 0.717) is 22.6 Å². The minimum absolute atomic E-state index is 0.226. The van der Waals surface area contributed by atoms with E-state index in [1.54, 1.807) is 60.7 Å². The summed E-state index contributed by atoms with van der Waals surface area (Å²) >= 11 is 0. The zero-order valence-electron chi connectivity index (χ0n) is 16.3. The minimum Gasteiger partial charge on any atom is -0.484 e. The Hall–Kier alpha value is -4.13. The van der Waals surface area contributed by atoms with Gasteiger partial charge in [0.2, 0.25) is 0 Å². The Morgan fingerprint density at radius 1 is 0.767 bits per heavy atom. The van der Waals surface area contributed by atoms with Crippen molar-refractivity contribution in [3.8, 4) is 5.75 Å². The molecule has 0 spiro atoms. The molecule has 3 aromatic rings. The van der Waals surface area contributed by atoms with Crippen LogP contribution in [0.3, 0.4) is 0 Å². The van der Waals surface area contributed by atoms with Gasteiger partial charge in [0, 0.05) is 16.8 Å². The highest BCUT2D eigenvalue weighted by molar-refractivity contribution is 6.05. The predicted molar refractivity (Wildman–Crippen MR) is 113 cm³/mol. The fourth-order valence-corrected chi connectivity index (χ4v) is 2.63. The third-order valence-electron chi connectivity index (χ3n) is 4.22. The molecular formula is C23H21N3O4. The number of rotatable bonds is 6. The van der Waals surface area contributed by atoms with Gasteiger partial charge in [0.05, 0.1) is 0 Å². The van der Waals surface area contributed by atoms with Crippen molar-refractivity contribution in [3.05, 3.63) is 95.6 Å². The number of ether oxygens (including phenoxy) is 1. The number of hydrogen-bond donors (Lipinski definition) is 3. The van der Waals surface area contributed by atoms with E-state index >= 15 is 0 Å². The molecule has 0 unspecified atom stereocenters. The van der Waals surface area contributed by atoms with Crippen molar-refractivity contribution in [2.45, 2.75) is 6.92 Å². The van der Waals surface area contributed by atoms with Crippen molar-refractivity contribution in [2.24, 2.45) is 0 Å². The van der Waals surface area contributed by atoms with Crippen LogP contribution in [0.25, 0.3) is 0 Å². The van der Waals surface area contributed by atoms with Gasteiger partial charge in [-0.1, -0.05) is 36.4 Å². The highest BCUT2D eigenvalue weighted by Gasteiger charge is 2.11. The summed E-state index contributed by atoms with van der Waals surface area (Å²) in [6.07, 6.45) is 0. The van der Waals surface area contributed by atoms with E-state index in [4.69, 9.17) is 4.74 Å². The molecule has 0 aliphatic carbocycles. The van der Waals surface area contributed by atoms with Crippen LogP contribution in [0.15, 0.2) is 78.9 Å². The number of benzene rings is 3. The van der Waals surface area contributed by atoms with Gasteiger partial charge in [-0.3, -0.25) is 25.2 Å². The standard InChI is InChI=1S/C23H21N3O4/c1-16-7-5-6-10-20(16)23(29)24-18-13-11-17(12-14-18)22(28)26-25-21(27)15-30-19-8-3-2-4-9-19/h2-14H,15H2,1H3,(H,24,29)(H,25,27)(H,26,28). The lowest BCUT2D eigenvalue weighted by Crippen LogP contribution is -2.43. The van der Waals surface area contributed by atoms with Gasteiger partial charge >= 0.3 is 0 Å². The van der Waals surface area contributed by atoms with E-state index in [1.807, 2.05) is 25.1 Å². The van der Waals surface area contributed by atoms with Crippen molar-refractivity contribution >= 4 is 23.4 Å². The average Bonchev–Trinajstić information content (AvgIpc) is 2.77. The quantitative estimate of drug-likeness (QED) is 0.551. The normalized spacial score (nSPS) is 10.0. The van der Waals surface area contributed by atoms with Crippen LogP contribution in [0.2, 0.25) is 0 Å². The molecule has 3 rings (SSSR count). The average molecular weight is 403 g/mol. The van der Waals surface area contributed by atoms with Crippen LogP contribution in [-0.4, -0.2) is 24.3 Å². The van der Waals surface area contributed by atoms with Crippen molar-refractivity contribution in [3.63, 3.8) is 0 Å². The molecule has 0 radical (unpaired) electrons.